The van der Waals surface area contributed by atoms with Crippen molar-refractivity contribution in [3.63, 3.8) is 0 Å². The fraction of sp³-hybridized carbons (Fsp3) is 0.167. The van der Waals surface area contributed by atoms with Gasteiger partial charge in [0.2, 0.25) is 0 Å². The molecule has 0 bridgehead atoms. The summed E-state index contributed by atoms with van der Waals surface area (Å²) >= 11 is 12.2. The quantitative estimate of drug-likeness (QED) is 0.842. The Balaban J connectivity index is 1.97. The van der Waals surface area contributed by atoms with Crippen LogP contribution in [0.2, 0.25) is 10.0 Å². The Kier molecular flexibility index (Phi) is 5.18. The summed E-state index contributed by atoms with van der Waals surface area (Å²) in [5.41, 5.74) is 8.83. The van der Waals surface area contributed by atoms with Crippen molar-refractivity contribution in [2.45, 2.75) is 13.3 Å². The zero-order chi connectivity index (χ0) is 18.0. The van der Waals surface area contributed by atoms with Gasteiger partial charge in [-0.25, -0.2) is 0 Å². The smallest absolute Gasteiger partial charge is 0.278 e. The fourth-order valence-electron chi connectivity index (χ4n) is 2.61. The molecule has 2 aromatic carbocycles. The van der Waals surface area contributed by atoms with Gasteiger partial charge < -0.3 is 10.3 Å². The zero-order valence-electron chi connectivity index (χ0n) is 13.9. The molecule has 1 amide bonds. The van der Waals surface area contributed by atoms with E-state index in [0.717, 1.165) is 11.4 Å². The number of halogens is 2. The van der Waals surface area contributed by atoms with E-state index >= 15 is 0 Å². The van der Waals surface area contributed by atoms with E-state index in [-0.39, 0.29) is 5.91 Å². The molecular weight excluding hydrogens is 359 g/mol. The predicted octanol–water partition coefficient (Wildman–Crippen LogP) is 4.11. The van der Waals surface area contributed by atoms with Gasteiger partial charge in [-0.3, -0.25) is 9.80 Å². The molecule has 25 heavy (non-hydrogen) atoms. The summed E-state index contributed by atoms with van der Waals surface area (Å²) in [6, 6.07) is 14.5. The van der Waals surface area contributed by atoms with Crippen LogP contribution < -0.4 is 20.9 Å². The first-order valence-electron chi connectivity index (χ1n) is 7.86. The molecular formula is C18H18Cl2N4O. The number of benzene rings is 2. The van der Waals surface area contributed by atoms with Crippen molar-refractivity contribution in [3.05, 3.63) is 70.0 Å². The topological polar surface area (TPSA) is 47.6 Å². The maximum atomic E-state index is 13.2. The number of nitrogens with zero attached hydrogens (tertiary/aromatic N) is 2. The first-order chi connectivity index (χ1) is 12.0. The Hall–Kier alpha value is -2.21. The van der Waals surface area contributed by atoms with Gasteiger partial charge in [0.15, 0.2) is 0 Å². The minimum atomic E-state index is -0.156. The van der Waals surface area contributed by atoms with Crippen LogP contribution in [0.25, 0.3) is 0 Å². The Labute approximate surface area is 156 Å². The molecule has 0 fully saturated rings. The molecule has 2 N–H and O–H groups in total. The minimum absolute atomic E-state index is 0.156. The highest BCUT2D eigenvalue weighted by Crippen LogP contribution is 2.31. The van der Waals surface area contributed by atoms with E-state index in [1.807, 2.05) is 37.3 Å². The molecule has 0 atom stereocenters. The lowest BCUT2D eigenvalue weighted by Gasteiger charge is -2.25. The van der Waals surface area contributed by atoms with Crippen molar-refractivity contribution in [3.8, 4) is 0 Å². The summed E-state index contributed by atoms with van der Waals surface area (Å²) < 4.78 is 0. The van der Waals surface area contributed by atoms with Crippen molar-refractivity contribution in [1.82, 2.24) is 11.0 Å². The van der Waals surface area contributed by atoms with Crippen molar-refractivity contribution in [2.75, 3.05) is 17.0 Å². The Morgan fingerprint density at radius 3 is 2.44 bits per heavy atom. The third kappa shape index (κ3) is 3.44. The highest BCUT2D eigenvalue weighted by molar-refractivity contribution is 6.33. The summed E-state index contributed by atoms with van der Waals surface area (Å²) in [6.07, 6.45) is 0.670. The van der Waals surface area contributed by atoms with Crippen molar-refractivity contribution >= 4 is 40.5 Å². The molecule has 0 radical (unpaired) electrons. The van der Waals surface area contributed by atoms with E-state index < -0.39 is 0 Å². The van der Waals surface area contributed by atoms with Gasteiger partial charge in [0.05, 0.1) is 16.4 Å². The van der Waals surface area contributed by atoms with Gasteiger partial charge in [-0.2, -0.15) is 0 Å². The molecule has 0 aromatic heterocycles. The number of hydrogen-bond donors (Lipinski definition) is 2. The molecule has 3 rings (SSSR count). The number of amides is 1. The van der Waals surface area contributed by atoms with Gasteiger partial charge in [-0.15, -0.1) is 5.53 Å². The highest BCUT2D eigenvalue weighted by atomic mass is 35.5. The highest BCUT2D eigenvalue weighted by Gasteiger charge is 2.31. The van der Waals surface area contributed by atoms with Gasteiger partial charge in [-0.1, -0.05) is 42.3 Å². The average molecular weight is 377 g/mol. The minimum Gasteiger partial charge on any atom is -0.310 e. The Morgan fingerprint density at radius 1 is 1.12 bits per heavy atom. The van der Waals surface area contributed by atoms with Crippen LogP contribution in [-0.4, -0.2) is 13.0 Å². The molecule has 0 spiro atoms. The number of allylic oxidation sites excluding steroid dienone is 1. The lowest BCUT2D eigenvalue weighted by Crippen LogP contribution is -2.42. The second-order valence-electron chi connectivity index (χ2n) is 5.54. The van der Waals surface area contributed by atoms with Crippen LogP contribution in [-0.2, 0) is 4.79 Å². The Bertz CT molecular complexity index is 820. The van der Waals surface area contributed by atoms with Crippen molar-refractivity contribution < 1.29 is 4.79 Å². The molecule has 130 valence electrons. The SMILES string of the molecule is CCC1=C(C(=O)N(C)c2ccc(Cl)cc2)N(c2ccccc2Cl)NN1. The van der Waals surface area contributed by atoms with E-state index in [4.69, 9.17) is 23.2 Å². The largest absolute Gasteiger partial charge is 0.310 e. The molecule has 0 aliphatic carbocycles. The summed E-state index contributed by atoms with van der Waals surface area (Å²) in [7, 11) is 1.73. The van der Waals surface area contributed by atoms with E-state index in [2.05, 4.69) is 11.0 Å². The molecule has 2 aromatic rings. The van der Waals surface area contributed by atoms with E-state index in [0.29, 0.717) is 27.9 Å². The first kappa shape index (κ1) is 17.6. The number of hydrogen-bond acceptors (Lipinski definition) is 4. The monoisotopic (exact) mass is 376 g/mol. The number of carbonyl (C=O) groups is 1. The number of rotatable bonds is 4. The van der Waals surface area contributed by atoms with Crippen LogP contribution in [0.15, 0.2) is 59.9 Å². The maximum Gasteiger partial charge on any atom is 0.278 e. The molecule has 0 saturated carbocycles. The lowest BCUT2D eigenvalue weighted by molar-refractivity contribution is -0.115. The van der Waals surface area contributed by atoms with Gasteiger partial charge in [0, 0.05) is 17.8 Å². The third-order valence-electron chi connectivity index (χ3n) is 4.00. The first-order valence-corrected chi connectivity index (χ1v) is 8.61. The molecule has 1 heterocycles. The summed E-state index contributed by atoms with van der Waals surface area (Å²) in [6.45, 7) is 1.98. The molecule has 1 aliphatic heterocycles. The van der Waals surface area contributed by atoms with Gasteiger partial charge >= 0.3 is 0 Å². The molecule has 7 heteroatoms. The number of nitrogens with one attached hydrogen (secondary N) is 2. The second kappa shape index (κ2) is 7.35. The molecule has 5 nitrogen and oxygen atoms in total. The van der Waals surface area contributed by atoms with Crippen LogP contribution in [0.3, 0.4) is 0 Å². The summed E-state index contributed by atoms with van der Waals surface area (Å²) in [4.78, 5) is 14.7. The van der Waals surface area contributed by atoms with Gasteiger partial charge in [0.1, 0.15) is 5.70 Å². The molecule has 0 unspecified atom stereocenters. The number of hydrazine groups is 2. The van der Waals surface area contributed by atoms with Gasteiger partial charge in [-0.05, 0) is 42.8 Å². The maximum absolute atomic E-state index is 13.2. The summed E-state index contributed by atoms with van der Waals surface area (Å²) in [5, 5.41) is 2.85. The third-order valence-corrected chi connectivity index (χ3v) is 4.57. The number of anilines is 2. The number of para-hydroxylation sites is 1. The Morgan fingerprint density at radius 2 is 1.80 bits per heavy atom. The lowest BCUT2D eigenvalue weighted by atomic mass is 10.2. The standard InChI is InChI=1S/C18H18Cl2N4O/c1-3-15-17(18(25)23(2)13-10-8-12(19)9-11-13)24(22-21-15)16-7-5-4-6-14(16)20/h4-11,21-22H,3H2,1-2H3. The average Bonchev–Trinajstić information content (AvgIpc) is 3.05. The van der Waals surface area contributed by atoms with Crippen LogP contribution >= 0.6 is 23.2 Å². The van der Waals surface area contributed by atoms with Crippen molar-refractivity contribution in [2.24, 2.45) is 0 Å². The normalized spacial score (nSPS) is 13.8. The van der Waals surface area contributed by atoms with Crippen LogP contribution in [0, 0.1) is 0 Å². The molecule has 1 aliphatic rings. The zero-order valence-corrected chi connectivity index (χ0v) is 15.4. The predicted molar refractivity (Wildman–Crippen MR) is 102 cm³/mol. The molecule has 0 saturated heterocycles. The van der Waals surface area contributed by atoms with E-state index in [1.165, 1.54) is 0 Å². The number of carbonyl (C=O) groups excluding carboxylic acids is 1. The van der Waals surface area contributed by atoms with Crippen LogP contribution in [0.4, 0.5) is 11.4 Å². The van der Waals surface area contributed by atoms with Crippen LogP contribution in [0.1, 0.15) is 13.3 Å². The second-order valence-corrected chi connectivity index (χ2v) is 6.39. The van der Waals surface area contributed by atoms with Crippen molar-refractivity contribution in [1.29, 1.82) is 0 Å². The fourth-order valence-corrected chi connectivity index (χ4v) is 2.95. The number of likely N-dealkylation sites (N-methyl/N-ethyl adjacent to an activating group) is 1. The van der Waals surface area contributed by atoms with E-state index in [1.54, 1.807) is 35.2 Å². The van der Waals surface area contributed by atoms with Gasteiger partial charge in [0.25, 0.3) is 5.91 Å². The van der Waals surface area contributed by atoms with E-state index in [9.17, 15) is 4.79 Å². The summed E-state index contributed by atoms with van der Waals surface area (Å²) in [5.74, 6) is -0.156. The van der Waals surface area contributed by atoms with Crippen LogP contribution in [0.5, 0.6) is 0 Å².